The van der Waals surface area contributed by atoms with Gasteiger partial charge in [-0.3, -0.25) is 9.36 Å². The third-order valence-corrected chi connectivity index (χ3v) is 6.64. The fourth-order valence-electron chi connectivity index (χ4n) is 3.59. The maximum atomic E-state index is 13.8. The van der Waals surface area contributed by atoms with E-state index in [0.717, 1.165) is 22.4 Å². The zero-order valence-electron chi connectivity index (χ0n) is 17.1. The van der Waals surface area contributed by atoms with Gasteiger partial charge in [0.2, 0.25) is 0 Å². The Morgan fingerprint density at radius 1 is 1.15 bits per heavy atom. The number of nitrogen functional groups attached to an aromatic ring is 1. The Kier molecular flexibility index (Phi) is 5.60. The molecule has 2 atom stereocenters. The lowest BCUT2D eigenvalue weighted by Crippen LogP contribution is -2.45. The van der Waals surface area contributed by atoms with Crippen molar-refractivity contribution in [1.82, 2.24) is 9.55 Å². The second-order valence-corrected chi connectivity index (χ2v) is 9.03. The Balaban J connectivity index is 1.66. The Morgan fingerprint density at radius 3 is 2.55 bits per heavy atom. The second-order valence-electron chi connectivity index (χ2n) is 7.48. The number of nitrogens with two attached hydrogens (primary N) is 2. The molecule has 9 nitrogen and oxygen atoms in total. The molecule has 1 aliphatic carbocycles. The summed E-state index contributed by atoms with van der Waals surface area (Å²) in [4.78, 5) is 27.6. The van der Waals surface area contributed by atoms with Gasteiger partial charge in [0.25, 0.3) is 16.0 Å². The summed E-state index contributed by atoms with van der Waals surface area (Å²) in [5.74, 6) is -2.59. The van der Waals surface area contributed by atoms with Gasteiger partial charge in [-0.15, -0.1) is 0 Å². The fourth-order valence-corrected chi connectivity index (χ4v) is 4.80. The van der Waals surface area contributed by atoms with Gasteiger partial charge in [-0.2, -0.15) is 13.4 Å². The SMILES string of the molecule is NC(=O)C1(OS(=O)(=O)c2cccc(-c3ccccc3)c2)C=CC(n2cc(F)c(N)nc2=O)C1. The molecule has 4 rings (SSSR count). The molecular weight excluding hydrogens is 451 g/mol. The molecule has 0 aliphatic heterocycles. The first-order valence-electron chi connectivity index (χ1n) is 9.76. The van der Waals surface area contributed by atoms with Crippen LogP contribution in [0.25, 0.3) is 11.1 Å². The van der Waals surface area contributed by atoms with E-state index in [2.05, 4.69) is 4.98 Å². The van der Waals surface area contributed by atoms with Gasteiger partial charge in [0, 0.05) is 12.6 Å². The first-order chi connectivity index (χ1) is 15.6. The summed E-state index contributed by atoms with van der Waals surface area (Å²) in [7, 11) is -4.46. The lowest BCUT2D eigenvalue weighted by molar-refractivity contribution is -0.129. The number of halogens is 1. The van der Waals surface area contributed by atoms with Crippen LogP contribution in [0, 0.1) is 5.82 Å². The van der Waals surface area contributed by atoms with Crippen molar-refractivity contribution < 1.29 is 21.8 Å². The van der Waals surface area contributed by atoms with Crippen LogP contribution in [0.3, 0.4) is 0 Å². The molecule has 0 radical (unpaired) electrons. The number of hydrogen-bond donors (Lipinski definition) is 2. The van der Waals surface area contributed by atoms with Crippen LogP contribution in [0.15, 0.2) is 82.6 Å². The van der Waals surface area contributed by atoms with E-state index in [1.165, 1.54) is 18.2 Å². The summed E-state index contributed by atoms with van der Waals surface area (Å²) >= 11 is 0. The number of carbonyl (C=O) groups is 1. The molecule has 33 heavy (non-hydrogen) atoms. The van der Waals surface area contributed by atoms with Crippen molar-refractivity contribution in [2.75, 3.05) is 5.73 Å². The maximum Gasteiger partial charge on any atom is 0.350 e. The summed E-state index contributed by atoms with van der Waals surface area (Å²) in [5.41, 5.74) is 9.25. The molecule has 0 saturated carbocycles. The predicted molar refractivity (Wildman–Crippen MR) is 118 cm³/mol. The molecule has 1 aromatic heterocycles. The highest BCUT2D eigenvalue weighted by Crippen LogP contribution is 2.36. The van der Waals surface area contributed by atoms with Crippen LogP contribution in [0.4, 0.5) is 10.2 Å². The Labute approximate surface area is 188 Å². The number of carbonyl (C=O) groups excluding carboxylic acids is 1. The number of benzene rings is 2. The zero-order valence-corrected chi connectivity index (χ0v) is 17.9. The summed E-state index contributed by atoms with van der Waals surface area (Å²) in [5, 5.41) is 0. The van der Waals surface area contributed by atoms with Gasteiger partial charge >= 0.3 is 5.69 Å². The van der Waals surface area contributed by atoms with E-state index in [9.17, 15) is 22.4 Å². The lowest BCUT2D eigenvalue weighted by atomic mass is 10.0. The highest BCUT2D eigenvalue weighted by atomic mass is 32.2. The summed E-state index contributed by atoms with van der Waals surface area (Å²) in [6.45, 7) is 0. The van der Waals surface area contributed by atoms with Crippen LogP contribution in [0.1, 0.15) is 12.5 Å². The molecule has 1 amide bonds. The van der Waals surface area contributed by atoms with Crippen molar-refractivity contribution in [3.8, 4) is 11.1 Å². The smallest absolute Gasteiger partial charge is 0.350 e. The van der Waals surface area contributed by atoms with Crippen LogP contribution in [0.5, 0.6) is 0 Å². The summed E-state index contributed by atoms with van der Waals surface area (Å²) < 4.78 is 46.2. The minimum absolute atomic E-state index is 0.182. The minimum Gasteiger partial charge on any atom is -0.381 e. The molecule has 1 heterocycles. The highest BCUT2D eigenvalue weighted by molar-refractivity contribution is 7.86. The van der Waals surface area contributed by atoms with Gasteiger partial charge in [-0.1, -0.05) is 48.5 Å². The average Bonchev–Trinajstić information content (AvgIpc) is 3.21. The molecule has 2 aromatic carbocycles. The fraction of sp³-hybridized carbons (Fsp3) is 0.136. The minimum atomic E-state index is -4.46. The largest absolute Gasteiger partial charge is 0.381 e. The van der Waals surface area contributed by atoms with Crippen molar-refractivity contribution in [2.45, 2.75) is 23.0 Å². The van der Waals surface area contributed by atoms with Gasteiger partial charge in [0.15, 0.2) is 17.2 Å². The molecule has 170 valence electrons. The first-order valence-corrected chi connectivity index (χ1v) is 11.2. The lowest BCUT2D eigenvalue weighted by Gasteiger charge is -2.25. The molecule has 1 aliphatic rings. The number of anilines is 1. The van der Waals surface area contributed by atoms with E-state index >= 15 is 0 Å². The van der Waals surface area contributed by atoms with Gasteiger partial charge in [-0.25, -0.2) is 13.4 Å². The third kappa shape index (κ3) is 4.28. The van der Waals surface area contributed by atoms with E-state index in [0.29, 0.717) is 5.56 Å². The van der Waals surface area contributed by atoms with E-state index < -0.39 is 45.0 Å². The predicted octanol–water partition coefficient (Wildman–Crippen LogP) is 1.76. The van der Waals surface area contributed by atoms with Gasteiger partial charge < -0.3 is 11.5 Å². The topological polar surface area (TPSA) is 147 Å². The van der Waals surface area contributed by atoms with Crippen molar-refractivity contribution in [3.05, 3.63) is 89.2 Å². The molecular formula is C22H19FN4O5S. The van der Waals surface area contributed by atoms with Crippen molar-refractivity contribution in [2.24, 2.45) is 5.73 Å². The average molecular weight is 470 g/mol. The zero-order chi connectivity index (χ0) is 23.8. The second kappa shape index (κ2) is 8.26. The number of nitrogens with zero attached hydrogens (tertiary/aromatic N) is 2. The molecule has 0 bridgehead atoms. The molecule has 4 N–H and O–H groups in total. The number of hydrogen-bond acceptors (Lipinski definition) is 7. The number of primary amides is 1. The van der Waals surface area contributed by atoms with Crippen LogP contribution in [-0.2, 0) is 19.1 Å². The molecule has 3 aromatic rings. The van der Waals surface area contributed by atoms with E-state index in [-0.39, 0.29) is 11.3 Å². The molecule has 0 fully saturated rings. The van der Waals surface area contributed by atoms with Crippen LogP contribution >= 0.6 is 0 Å². The quantitative estimate of drug-likeness (QED) is 0.412. The number of aromatic nitrogens is 2. The highest BCUT2D eigenvalue weighted by Gasteiger charge is 2.46. The van der Waals surface area contributed by atoms with Crippen LogP contribution in [0.2, 0.25) is 0 Å². The normalized spacial score (nSPS) is 20.1. The summed E-state index contributed by atoms with van der Waals surface area (Å²) in [6.07, 6.45) is 2.96. The van der Waals surface area contributed by atoms with E-state index in [4.69, 9.17) is 15.7 Å². The molecule has 11 heteroatoms. The van der Waals surface area contributed by atoms with Crippen LogP contribution in [-0.4, -0.2) is 29.5 Å². The maximum absolute atomic E-state index is 13.8. The molecule has 0 saturated heterocycles. The Bertz CT molecular complexity index is 1420. The van der Waals surface area contributed by atoms with E-state index in [1.54, 1.807) is 12.1 Å². The van der Waals surface area contributed by atoms with Gasteiger partial charge in [-0.05, 0) is 29.3 Å². The van der Waals surface area contributed by atoms with Crippen LogP contribution < -0.4 is 17.2 Å². The van der Waals surface area contributed by atoms with Gasteiger partial charge in [0.05, 0.1) is 10.9 Å². The van der Waals surface area contributed by atoms with Crippen molar-refractivity contribution in [3.63, 3.8) is 0 Å². The number of rotatable bonds is 6. The monoisotopic (exact) mass is 470 g/mol. The molecule has 0 spiro atoms. The number of allylic oxidation sites excluding steroid dienone is 1. The third-order valence-electron chi connectivity index (χ3n) is 5.30. The summed E-state index contributed by atoms with van der Waals surface area (Å²) in [6, 6.07) is 14.2. The van der Waals surface area contributed by atoms with Gasteiger partial charge in [0.1, 0.15) is 0 Å². The molecule has 2 unspecified atom stereocenters. The van der Waals surface area contributed by atoms with Crippen molar-refractivity contribution in [1.29, 1.82) is 0 Å². The Hall–Kier alpha value is -3.83. The van der Waals surface area contributed by atoms with Crippen molar-refractivity contribution >= 4 is 21.8 Å². The van der Waals surface area contributed by atoms with E-state index in [1.807, 2.05) is 30.3 Å². The number of amides is 1. The standard InChI is InChI=1S/C22H19FN4O5S/c23-18-13-27(21(29)26-19(18)24)16-9-10-22(12-16,20(25)28)32-33(30,31)17-8-4-7-15(11-17)14-5-2-1-3-6-14/h1-11,13,16H,12H2,(H2,25,28)(H2,24,26,29). The Morgan fingerprint density at radius 2 is 1.85 bits per heavy atom. The first kappa shape index (κ1) is 22.4.